The molecule has 8 nitrogen and oxygen atoms in total. The summed E-state index contributed by atoms with van der Waals surface area (Å²) in [5.74, 6) is -0.132. The highest BCUT2D eigenvalue weighted by Gasteiger charge is 2.30. The number of halogens is 1. The molecule has 2 heterocycles. The molecule has 4 rings (SSSR count). The maximum atomic E-state index is 13.2. The third-order valence-electron chi connectivity index (χ3n) is 5.28. The molecule has 0 aliphatic carbocycles. The smallest absolute Gasteiger partial charge is 0.270 e. The van der Waals surface area contributed by atoms with Gasteiger partial charge in [0.2, 0.25) is 5.91 Å². The van der Waals surface area contributed by atoms with E-state index in [1.165, 1.54) is 76.6 Å². The Hall–Kier alpha value is -3.40. The Labute approximate surface area is 218 Å². The van der Waals surface area contributed by atoms with Gasteiger partial charge in [0.1, 0.15) is 5.75 Å². The van der Waals surface area contributed by atoms with Crippen LogP contribution in [0.5, 0.6) is 5.75 Å². The van der Waals surface area contributed by atoms with Crippen LogP contribution in [-0.4, -0.2) is 34.5 Å². The number of carbonyl (C=O) groups is 1. The third kappa shape index (κ3) is 7.55. The normalized spacial score (nSPS) is 12.8. The predicted octanol–water partition coefficient (Wildman–Crippen LogP) is 4.03. The molecule has 36 heavy (non-hydrogen) atoms. The van der Waals surface area contributed by atoms with Gasteiger partial charge in [0.25, 0.3) is 10.0 Å². The van der Waals surface area contributed by atoms with Gasteiger partial charge in [-0.05, 0) is 67.4 Å². The van der Waals surface area contributed by atoms with Crippen LogP contribution < -0.4 is 19.1 Å². The van der Waals surface area contributed by atoms with E-state index >= 15 is 0 Å². The first-order valence-electron chi connectivity index (χ1n) is 11.2. The molecule has 1 saturated heterocycles. The van der Waals surface area contributed by atoms with Crippen LogP contribution >= 0.6 is 12.4 Å². The highest BCUT2D eigenvalue weighted by Crippen LogP contribution is 2.29. The first kappa shape index (κ1) is 28.8. The van der Waals surface area contributed by atoms with Crippen LogP contribution in [0.25, 0.3) is 12.2 Å². The number of hydrogen-bond donors (Lipinski definition) is 1. The van der Waals surface area contributed by atoms with E-state index in [9.17, 15) is 18.4 Å². The minimum atomic E-state index is -4.14. The van der Waals surface area contributed by atoms with E-state index in [1.807, 2.05) is 0 Å². The lowest BCUT2D eigenvalue weighted by Crippen LogP contribution is -2.35. The van der Waals surface area contributed by atoms with Crippen molar-refractivity contribution < 1.29 is 22.7 Å². The van der Waals surface area contributed by atoms with E-state index in [-0.39, 0.29) is 23.0 Å². The van der Waals surface area contributed by atoms with Crippen molar-refractivity contribution in [3.05, 3.63) is 89.4 Å². The van der Waals surface area contributed by atoms with Crippen molar-refractivity contribution in [3.8, 4) is 5.75 Å². The number of nitrogens with one attached hydrogen (secondary N) is 1. The van der Waals surface area contributed by atoms with Gasteiger partial charge in [-0.15, -0.1) is 12.4 Å². The summed E-state index contributed by atoms with van der Waals surface area (Å²) in [5.41, 5.74) is 1.51. The summed E-state index contributed by atoms with van der Waals surface area (Å²) in [6, 6.07) is 15.8. The molecule has 1 fully saturated rings. The minimum Gasteiger partial charge on any atom is -0.619 e. The van der Waals surface area contributed by atoms with Gasteiger partial charge < -0.3 is 15.3 Å². The van der Waals surface area contributed by atoms with Crippen molar-refractivity contribution >= 4 is 46.2 Å². The molecule has 1 amide bonds. The molecule has 192 valence electrons. The van der Waals surface area contributed by atoms with Gasteiger partial charge in [0.05, 0.1) is 17.7 Å². The van der Waals surface area contributed by atoms with E-state index < -0.39 is 15.9 Å². The number of pyridine rings is 1. The molecule has 10 heteroatoms. The first-order chi connectivity index (χ1) is 16.8. The van der Waals surface area contributed by atoms with E-state index in [4.69, 9.17) is 4.74 Å². The molecular weight excluding hydrogens is 502 g/mol. The minimum absolute atomic E-state index is 0. The monoisotopic (exact) mass is 531 g/mol. The highest BCUT2D eigenvalue weighted by molar-refractivity contribution is 7.93. The van der Waals surface area contributed by atoms with E-state index in [0.717, 1.165) is 9.87 Å². The summed E-state index contributed by atoms with van der Waals surface area (Å²) in [4.78, 5) is 12.4. The van der Waals surface area contributed by atoms with Crippen molar-refractivity contribution in [3.63, 3.8) is 0 Å². The molecule has 0 radical (unpaired) electrons. The summed E-state index contributed by atoms with van der Waals surface area (Å²) in [6.45, 7) is 3.70. The Bertz CT molecular complexity index is 1250. The van der Waals surface area contributed by atoms with Crippen LogP contribution in [0.3, 0.4) is 0 Å². The number of carbonyl (C=O) groups excluding carboxylic acids is 1. The molecule has 0 unspecified atom stereocenters. The fourth-order valence-corrected chi connectivity index (χ4v) is 4.94. The zero-order chi connectivity index (χ0) is 25.3. The molecule has 2 aromatic carbocycles. The van der Waals surface area contributed by atoms with Crippen molar-refractivity contribution in [1.82, 2.24) is 5.32 Å². The van der Waals surface area contributed by atoms with Gasteiger partial charge in [0, 0.05) is 19.1 Å². The topological polar surface area (TPSA) is 103 Å². The van der Waals surface area contributed by atoms with Crippen LogP contribution in [0.2, 0.25) is 0 Å². The number of sulfonamides is 1. The Morgan fingerprint density at radius 1 is 1.00 bits per heavy atom. The molecular formula is C26H30ClN3O5S. The molecule has 1 aliphatic heterocycles. The Balaban J connectivity index is 0.000000678. The largest absolute Gasteiger partial charge is 0.619 e. The summed E-state index contributed by atoms with van der Waals surface area (Å²) in [7, 11) is -2.66. The van der Waals surface area contributed by atoms with E-state index in [2.05, 4.69) is 5.32 Å². The summed E-state index contributed by atoms with van der Waals surface area (Å²) >= 11 is 0. The van der Waals surface area contributed by atoms with Crippen molar-refractivity contribution in [2.24, 2.45) is 0 Å². The van der Waals surface area contributed by atoms with Crippen molar-refractivity contribution in [2.45, 2.75) is 24.7 Å². The van der Waals surface area contributed by atoms with Crippen LogP contribution in [0, 0.1) is 5.21 Å². The Morgan fingerprint density at radius 2 is 1.61 bits per heavy atom. The van der Waals surface area contributed by atoms with Gasteiger partial charge in [-0.2, -0.15) is 4.73 Å². The number of benzene rings is 2. The van der Waals surface area contributed by atoms with Crippen molar-refractivity contribution in [1.29, 1.82) is 0 Å². The van der Waals surface area contributed by atoms with Gasteiger partial charge in [-0.25, -0.2) is 12.7 Å². The Kier molecular flexibility index (Phi) is 10.9. The number of rotatable bonds is 6. The lowest BCUT2D eigenvalue weighted by atomic mass is 10.1. The molecule has 1 aromatic heterocycles. The molecule has 0 bridgehead atoms. The van der Waals surface area contributed by atoms with Crippen molar-refractivity contribution in [2.75, 3.05) is 24.5 Å². The zero-order valence-electron chi connectivity index (χ0n) is 20.2. The molecule has 1 aliphatic rings. The van der Waals surface area contributed by atoms with Gasteiger partial charge in [-0.1, -0.05) is 30.4 Å². The van der Waals surface area contributed by atoms with Gasteiger partial charge in [-0.3, -0.25) is 4.79 Å². The number of ether oxygens (including phenoxy) is 1. The quantitative estimate of drug-likeness (QED) is 0.380. The zero-order valence-corrected chi connectivity index (χ0v) is 21.8. The second kappa shape index (κ2) is 13.6. The molecule has 0 spiro atoms. The Morgan fingerprint density at radius 3 is 2.14 bits per heavy atom. The second-order valence-corrected chi connectivity index (χ2v) is 9.59. The fraction of sp³-hybridized carbons (Fsp3) is 0.231. The second-order valence-electron chi connectivity index (χ2n) is 7.80. The van der Waals surface area contributed by atoms with Crippen LogP contribution in [0.4, 0.5) is 5.69 Å². The number of para-hydroxylation sites is 1. The molecule has 1 N–H and O–H groups in total. The summed E-state index contributed by atoms with van der Waals surface area (Å²) < 4.78 is 33.0. The lowest BCUT2D eigenvalue weighted by molar-refractivity contribution is -0.605. The highest BCUT2D eigenvalue weighted by atomic mass is 35.5. The average molecular weight is 532 g/mol. The van der Waals surface area contributed by atoms with Crippen LogP contribution in [0.1, 0.15) is 30.9 Å². The third-order valence-corrected chi connectivity index (χ3v) is 7.08. The number of anilines is 1. The number of aromatic nitrogens is 1. The van der Waals surface area contributed by atoms with Crippen LogP contribution in [-0.2, 0) is 14.8 Å². The predicted molar refractivity (Wildman–Crippen MR) is 143 cm³/mol. The number of nitrogens with zero attached hydrogens (tertiary/aromatic N) is 2. The fourth-order valence-electron chi connectivity index (χ4n) is 3.48. The standard InChI is InChI=1S/C22H20N2O5S.C4H9N.ClH/c1-17(25)24(30(27,28)21-11-9-20(29-2)10-12-21)22-6-4-3-5-19(22)8-7-18-13-15-23(26)16-14-18;1-2-4-5-3-1;/h3-16H,1-2H3;5H,1-4H2;1H. The SMILES string of the molecule is C1CCNC1.COc1ccc(S(=O)(=O)N(C(C)=O)c2ccccc2C=Cc2cc[n+]([O-])cc2)cc1.Cl. The number of methoxy groups -OCH3 is 1. The maximum Gasteiger partial charge on any atom is 0.270 e. The number of hydrogen-bond acceptors (Lipinski definition) is 6. The first-order valence-corrected chi connectivity index (χ1v) is 12.6. The molecule has 3 aromatic rings. The van der Waals surface area contributed by atoms with E-state index in [1.54, 1.807) is 48.6 Å². The maximum absolute atomic E-state index is 13.2. The lowest BCUT2D eigenvalue weighted by Gasteiger charge is -2.23. The molecule has 0 atom stereocenters. The van der Waals surface area contributed by atoms with Gasteiger partial charge >= 0.3 is 0 Å². The molecule has 0 saturated carbocycles. The van der Waals surface area contributed by atoms with Gasteiger partial charge in [0.15, 0.2) is 12.4 Å². The summed E-state index contributed by atoms with van der Waals surface area (Å²) in [5, 5.41) is 14.4. The summed E-state index contributed by atoms with van der Waals surface area (Å²) in [6.07, 6.45) is 8.93. The van der Waals surface area contributed by atoms with E-state index in [0.29, 0.717) is 16.0 Å². The van der Waals surface area contributed by atoms with Crippen LogP contribution in [0.15, 0.2) is 78.0 Å². The average Bonchev–Trinajstić information content (AvgIpc) is 3.45. The number of amides is 1.